The number of carbonyl (C=O) groups is 1. The van der Waals surface area contributed by atoms with Crippen LogP contribution in [0.15, 0.2) is 90.0 Å². The van der Waals surface area contributed by atoms with Gasteiger partial charge in [-0.1, -0.05) is 17.7 Å². The lowest BCUT2D eigenvalue weighted by Gasteiger charge is -2.19. The highest BCUT2D eigenvalue weighted by atomic mass is 35.5. The predicted octanol–water partition coefficient (Wildman–Crippen LogP) is 4.93. The van der Waals surface area contributed by atoms with Gasteiger partial charge in [-0.25, -0.2) is 23.3 Å². The summed E-state index contributed by atoms with van der Waals surface area (Å²) in [5, 5.41) is 14.2. The number of sulfonamides is 1. The van der Waals surface area contributed by atoms with E-state index in [0.29, 0.717) is 33.9 Å². The average molecular weight is 524 g/mol. The Balaban J connectivity index is 1.40. The van der Waals surface area contributed by atoms with Crippen molar-refractivity contribution in [3.63, 3.8) is 0 Å². The second-order valence-corrected chi connectivity index (χ2v) is 9.63. The summed E-state index contributed by atoms with van der Waals surface area (Å²) < 4.78 is 22.8. The first kappa shape index (κ1) is 24.9. The quantitative estimate of drug-likeness (QED) is 0.269. The monoisotopic (exact) mass is 523 g/mol. The largest absolute Gasteiger partial charge is 0.329 e. The van der Waals surface area contributed by atoms with Crippen molar-refractivity contribution in [3.05, 3.63) is 90.1 Å². The van der Waals surface area contributed by atoms with Gasteiger partial charge in [0.2, 0.25) is 16.0 Å². The lowest BCUT2D eigenvalue weighted by Crippen LogP contribution is -2.19. The number of amides is 2. The van der Waals surface area contributed by atoms with E-state index in [4.69, 9.17) is 16.7 Å². The number of nitrogens with one attached hydrogen (secondary N) is 3. The number of carbonyl (C=O) groups excluding carboxylic acids is 1. The third kappa shape index (κ3) is 6.48. The van der Waals surface area contributed by atoms with Crippen LogP contribution < -0.4 is 26.0 Å². The molecule has 0 saturated carbocycles. The third-order valence-electron chi connectivity index (χ3n) is 5.02. The number of primary sulfonamides is 1. The van der Waals surface area contributed by atoms with Crippen LogP contribution in [0.25, 0.3) is 0 Å². The number of rotatable bonds is 7. The maximum Gasteiger partial charge on any atom is 0.323 e. The Hall–Kier alpha value is -4.19. The molecule has 0 unspecified atom stereocenters. The van der Waals surface area contributed by atoms with Gasteiger partial charge in [-0.15, -0.1) is 0 Å². The number of aromatic nitrogens is 2. The SMILES string of the molecule is CN(c1ccc(NC(=O)Nc2cccc(Cl)c2)cc1)c1ccnc(Nc2ccc(S(N)(=O)=O)cc2)n1. The predicted molar refractivity (Wildman–Crippen MR) is 142 cm³/mol. The Labute approximate surface area is 213 Å². The summed E-state index contributed by atoms with van der Waals surface area (Å²) in [4.78, 5) is 22.8. The molecule has 0 aliphatic carbocycles. The summed E-state index contributed by atoms with van der Waals surface area (Å²) in [6.07, 6.45) is 1.61. The van der Waals surface area contributed by atoms with E-state index in [9.17, 15) is 13.2 Å². The summed E-state index contributed by atoms with van der Waals surface area (Å²) in [5.41, 5.74) is 2.64. The molecule has 12 heteroatoms. The molecule has 0 atom stereocenters. The van der Waals surface area contributed by atoms with Gasteiger partial charge in [0.1, 0.15) is 5.82 Å². The van der Waals surface area contributed by atoms with Crippen LogP contribution in [0.1, 0.15) is 0 Å². The van der Waals surface area contributed by atoms with Crippen LogP contribution in [0.3, 0.4) is 0 Å². The van der Waals surface area contributed by atoms with E-state index in [-0.39, 0.29) is 10.9 Å². The van der Waals surface area contributed by atoms with Crippen molar-refractivity contribution in [2.24, 2.45) is 5.14 Å². The van der Waals surface area contributed by atoms with Crippen LogP contribution >= 0.6 is 11.6 Å². The summed E-state index contributed by atoms with van der Waals surface area (Å²) in [6, 6.07) is 21.4. The number of hydrogen-bond acceptors (Lipinski definition) is 7. The second-order valence-electron chi connectivity index (χ2n) is 7.63. The van der Waals surface area contributed by atoms with E-state index >= 15 is 0 Å². The smallest absolute Gasteiger partial charge is 0.323 e. The van der Waals surface area contributed by atoms with Gasteiger partial charge in [-0.3, -0.25) is 0 Å². The average Bonchev–Trinajstić information content (AvgIpc) is 2.84. The fourth-order valence-electron chi connectivity index (χ4n) is 3.21. The highest BCUT2D eigenvalue weighted by molar-refractivity contribution is 7.89. The number of benzene rings is 3. The molecule has 0 saturated heterocycles. The van der Waals surface area contributed by atoms with Crippen molar-refractivity contribution >= 4 is 62.2 Å². The van der Waals surface area contributed by atoms with Crippen LogP contribution in [-0.4, -0.2) is 31.5 Å². The van der Waals surface area contributed by atoms with Crippen molar-refractivity contribution < 1.29 is 13.2 Å². The Morgan fingerprint density at radius 3 is 2.25 bits per heavy atom. The zero-order chi connectivity index (χ0) is 25.7. The zero-order valence-corrected chi connectivity index (χ0v) is 20.6. The maximum atomic E-state index is 12.3. The number of anilines is 6. The Bertz CT molecular complexity index is 1480. The number of nitrogens with zero attached hydrogens (tertiary/aromatic N) is 3. The minimum absolute atomic E-state index is 0.0160. The van der Waals surface area contributed by atoms with Gasteiger partial charge in [0, 0.05) is 41.0 Å². The summed E-state index contributed by atoms with van der Waals surface area (Å²) in [7, 11) is -1.92. The first-order valence-electron chi connectivity index (χ1n) is 10.6. The molecule has 2 amide bonds. The van der Waals surface area contributed by atoms with Crippen molar-refractivity contribution in [2.45, 2.75) is 4.90 Å². The van der Waals surface area contributed by atoms with Crippen LogP contribution in [0, 0.1) is 0 Å². The van der Waals surface area contributed by atoms with Crippen LogP contribution in [0.4, 0.5) is 39.3 Å². The Morgan fingerprint density at radius 2 is 1.58 bits per heavy atom. The molecule has 10 nitrogen and oxygen atoms in total. The minimum atomic E-state index is -3.76. The summed E-state index contributed by atoms with van der Waals surface area (Å²) >= 11 is 5.94. The molecule has 4 rings (SSSR count). The molecule has 4 aromatic rings. The lowest BCUT2D eigenvalue weighted by molar-refractivity contribution is 0.262. The molecule has 0 radical (unpaired) electrons. The van der Waals surface area contributed by atoms with Gasteiger partial charge in [0.25, 0.3) is 0 Å². The first-order chi connectivity index (χ1) is 17.2. The topological polar surface area (TPSA) is 142 Å². The maximum absolute atomic E-state index is 12.3. The zero-order valence-electron chi connectivity index (χ0n) is 19.0. The van der Waals surface area contributed by atoms with E-state index in [0.717, 1.165) is 5.69 Å². The molecular formula is C24H22ClN7O3S. The van der Waals surface area contributed by atoms with Crippen molar-refractivity contribution in [3.8, 4) is 0 Å². The number of urea groups is 1. The molecule has 0 aliphatic heterocycles. The van der Waals surface area contributed by atoms with Gasteiger partial charge in [-0.05, 0) is 72.8 Å². The lowest BCUT2D eigenvalue weighted by atomic mass is 10.2. The van der Waals surface area contributed by atoms with E-state index in [1.165, 1.54) is 12.1 Å². The van der Waals surface area contributed by atoms with E-state index in [1.807, 2.05) is 24.1 Å². The summed E-state index contributed by atoms with van der Waals surface area (Å²) in [6.45, 7) is 0. The fourth-order valence-corrected chi connectivity index (χ4v) is 3.92. The summed E-state index contributed by atoms with van der Waals surface area (Å²) in [5.74, 6) is 0.951. The molecule has 1 aromatic heterocycles. The first-order valence-corrected chi connectivity index (χ1v) is 12.5. The molecule has 0 aliphatic rings. The molecule has 0 bridgehead atoms. The Kier molecular flexibility index (Phi) is 7.34. The molecule has 184 valence electrons. The van der Waals surface area contributed by atoms with Gasteiger partial charge >= 0.3 is 6.03 Å². The molecule has 5 N–H and O–H groups in total. The molecule has 0 spiro atoms. The molecule has 3 aromatic carbocycles. The highest BCUT2D eigenvalue weighted by Crippen LogP contribution is 2.25. The van der Waals surface area contributed by atoms with Crippen molar-refractivity contribution in [1.82, 2.24) is 9.97 Å². The molecular weight excluding hydrogens is 502 g/mol. The van der Waals surface area contributed by atoms with Crippen LogP contribution in [0.5, 0.6) is 0 Å². The highest BCUT2D eigenvalue weighted by Gasteiger charge is 2.10. The number of halogens is 1. The van der Waals surface area contributed by atoms with Crippen LogP contribution in [-0.2, 0) is 10.0 Å². The van der Waals surface area contributed by atoms with Crippen molar-refractivity contribution in [1.29, 1.82) is 0 Å². The Morgan fingerprint density at radius 1 is 0.917 bits per heavy atom. The van der Waals surface area contributed by atoms with Gasteiger partial charge in [0.15, 0.2) is 0 Å². The van der Waals surface area contributed by atoms with Crippen molar-refractivity contribution in [2.75, 3.05) is 27.9 Å². The standard InChI is InChI=1S/C24H22ClN7O3S/c1-32(20-9-5-18(6-10-20)29-24(33)30-19-4-2-3-16(25)15-19)22-13-14-27-23(31-22)28-17-7-11-21(12-8-17)36(26,34)35/h2-15H,1H3,(H2,26,34,35)(H,27,28,31)(H2,29,30,33). The minimum Gasteiger partial charge on any atom is -0.329 e. The van der Waals surface area contributed by atoms with E-state index < -0.39 is 10.0 Å². The van der Waals surface area contributed by atoms with Gasteiger partial charge in [-0.2, -0.15) is 4.98 Å². The third-order valence-corrected chi connectivity index (χ3v) is 6.18. The van der Waals surface area contributed by atoms with E-state index in [1.54, 1.807) is 60.8 Å². The van der Waals surface area contributed by atoms with E-state index in [2.05, 4.69) is 25.9 Å². The number of hydrogen-bond donors (Lipinski definition) is 4. The molecule has 0 fully saturated rings. The number of nitrogens with two attached hydrogens (primary N) is 1. The molecule has 36 heavy (non-hydrogen) atoms. The fraction of sp³-hybridized carbons (Fsp3) is 0.0417. The normalized spacial score (nSPS) is 11.0. The molecule has 1 heterocycles. The van der Waals surface area contributed by atoms with Crippen LogP contribution in [0.2, 0.25) is 5.02 Å². The van der Waals surface area contributed by atoms with Gasteiger partial charge < -0.3 is 20.9 Å². The van der Waals surface area contributed by atoms with Gasteiger partial charge in [0.05, 0.1) is 4.90 Å². The second kappa shape index (κ2) is 10.6.